The van der Waals surface area contributed by atoms with Gasteiger partial charge in [-0.15, -0.1) is 0 Å². The topological polar surface area (TPSA) is 44.1 Å². The van der Waals surface area contributed by atoms with Crippen LogP contribution >= 0.6 is 15.9 Å². The van der Waals surface area contributed by atoms with Crippen molar-refractivity contribution in [1.29, 1.82) is 0 Å². The van der Waals surface area contributed by atoms with Crippen molar-refractivity contribution in [2.75, 3.05) is 0 Å². The summed E-state index contributed by atoms with van der Waals surface area (Å²) in [6.07, 6.45) is 1.08. The Kier molecular flexibility index (Phi) is 11.3. The Bertz CT molecular complexity index is 4250. The zero-order chi connectivity index (χ0) is 50.1. The van der Waals surface area contributed by atoms with Crippen LogP contribution in [0.25, 0.3) is 99.0 Å². The second-order valence-electron chi connectivity index (χ2n) is 20.5. The van der Waals surface area contributed by atoms with E-state index >= 15 is 0 Å². The predicted molar refractivity (Wildman–Crippen MR) is 314 cm³/mol. The first-order valence-corrected chi connectivity index (χ1v) is 26.3. The molecule has 0 spiro atoms. The molecular formula is C67H53BBrN3O2. The minimum absolute atomic E-state index is 0.343. The SMILES string of the molecule is Brc1ccc2c(c1)-c1ccccc1C2.CC1(C)OB(c2ccc3c(c2)c2ccccc2n3-c2ccccc2)OC1(C)C.c1ccc(-n2c3ccccc3c3cc(-c4ccc5[nH]c6ccccc6c5c4)ccc32)cc1. The average molecular weight is 1020 g/mol. The summed E-state index contributed by atoms with van der Waals surface area (Å²) in [5, 5.41) is 7.55. The molecule has 10 aromatic carbocycles. The maximum atomic E-state index is 6.27. The first kappa shape index (κ1) is 45.9. The van der Waals surface area contributed by atoms with Crippen LogP contribution in [0.3, 0.4) is 0 Å². The van der Waals surface area contributed by atoms with Crippen LogP contribution in [0, 0.1) is 0 Å². The Hall–Kier alpha value is -7.94. The van der Waals surface area contributed by atoms with Gasteiger partial charge in [0.2, 0.25) is 0 Å². The lowest BCUT2D eigenvalue weighted by molar-refractivity contribution is 0.00578. The number of rotatable bonds is 4. The van der Waals surface area contributed by atoms with E-state index in [2.05, 4.69) is 282 Å². The highest BCUT2D eigenvalue weighted by molar-refractivity contribution is 9.10. The molecule has 0 saturated carbocycles. The van der Waals surface area contributed by atoms with Crippen LogP contribution < -0.4 is 5.46 Å². The maximum absolute atomic E-state index is 6.27. The van der Waals surface area contributed by atoms with Gasteiger partial charge in [0.05, 0.1) is 33.3 Å². The van der Waals surface area contributed by atoms with Crippen molar-refractivity contribution in [2.24, 2.45) is 0 Å². The Morgan fingerprint density at radius 1 is 0.405 bits per heavy atom. The lowest BCUT2D eigenvalue weighted by Gasteiger charge is -2.32. The van der Waals surface area contributed by atoms with E-state index in [0.29, 0.717) is 0 Å². The molecule has 0 radical (unpaired) electrons. The fraction of sp³-hybridized carbons (Fsp3) is 0.104. The van der Waals surface area contributed by atoms with Crippen LogP contribution in [0.5, 0.6) is 0 Å². The molecule has 0 amide bonds. The van der Waals surface area contributed by atoms with E-state index in [0.717, 1.165) is 22.0 Å². The zero-order valence-electron chi connectivity index (χ0n) is 41.8. The number of fused-ring (bicyclic) bond motifs is 12. The van der Waals surface area contributed by atoms with Gasteiger partial charge in [0, 0.05) is 59.2 Å². The number of para-hydroxylation sites is 5. The molecule has 74 heavy (non-hydrogen) atoms. The molecule has 1 aliphatic carbocycles. The largest absolute Gasteiger partial charge is 0.494 e. The summed E-state index contributed by atoms with van der Waals surface area (Å²) in [5.41, 5.74) is 18.1. The van der Waals surface area contributed by atoms with Gasteiger partial charge in [-0.3, -0.25) is 0 Å². The van der Waals surface area contributed by atoms with Crippen molar-refractivity contribution in [3.05, 3.63) is 246 Å². The molecule has 0 bridgehead atoms. The molecule has 3 aromatic heterocycles. The maximum Gasteiger partial charge on any atom is 0.494 e. The Labute approximate surface area is 439 Å². The van der Waals surface area contributed by atoms with Gasteiger partial charge in [0.15, 0.2) is 0 Å². The van der Waals surface area contributed by atoms with Crippen LogP contribution in [0.1, 0.15) is 38.8 Å². The van der Waals surface area contributed by atoms with Gasteiger partial charge in [0.25, 0.3) is 0 Å². The summed E-state index contributed by atoms with van der Waals surface area (Å²) in [6, 6.07) is 82.1. The van der Waals surface area contributed by atoms with Gasteiger partial charge >= 0.3 is 7.12 Å². The molecule has 7 heteroatoms. The van der Waals surface area contributed by atoms with E-state index in [1.807, 2.05) is 6.07 Å². The summed E-state index contributed by atoms with van der Waals surface area (Å²) in [5.74, 6) is 0. The van der Waals surface area contributed by atoms with Crippen LogP contribution in [0.4, 0.5) is 0 Å². The van der Waals surface area contributed by atoms with Gasteiger partial charge in [-0.25, -0.2) is 0 Å². The average Bonchev–Trinajstić information content (AvgIpc) is 4.23. The summed E-state index contributed by atoms with van der Waals surface area (Å²) >= 11 is 3.52. The smallest absolute Gasteiger partial charge is 0.399 e. The van der Waals surface area contributed by atoms with Gasteiger partial charge in [-0.1, -0.05) is 162 Å². The number of aromatic nitrogens is 3. The number of nitrogens with one attached hydrogen (secondary N) is 1. The number of aromatic amines is 1. The molecule has 1 N–H and O–H groups in total. The predicted octanol–water partition coefficient (Wildman–Crippen LogP) is 17.2. The van der Waals surface area contributed by atoms with Gasteiger partial charge < -0.3 is 23.4 Å². The second-order valence-corrected chi connectivity index (χ2v) is 21.5. The zero-order valence-corrected chi connectivity index (χ0v) is 43.4. The standard InChI is InChI=1S/C30H20N2.C24H24BNO2.C13H9Br/c1-2-8-22(9-3-1)32-29-13-7-5-11-24(29)26-19-21(15-17-30(26)32)20-14-16-28-25(18-20)23-10-4-6-12-27(23)31-28;1-23(2)24(3,4)28-25(27-23)17-14-15-22-20(16-17)19-12-8-9-13-21(19)26(22)18-10-6-5-7-11-18;14-11-6-5-10-7-9-3-1-2-4-12(9)13(10)8-11/h1-19,31H;5-16H,1-4H3;1-6,8H,7H2. The van der Waals surface area contributed by atoms with E-state index in [4.69, 9.17) is 9.31 Å². The summed E-state index contributed by atoms with van der Waals surface area (Å²) in [4.78, 5) is 3.53. The Morgan fingerprint density at radius 3 is 1.55 bits per heavy atom. The lowest BCUT2D eigenvalue weighted by atomic mass is 9.78. The van der Waals surface area contributed by atoms with Crippen molar-refractivity contribution < 1.29 is 9.31 Å². The molecule has 358 valence electrons. The summed E-state index contributed by atoms with van der Waals surface area (Å²) in [7, 11) is -0.353. The van der Waals surface area contributed by atoms with Crippen LogP contribution in [-0.4, -0.2) is 32.4 Å². The fourth-order valence-electron chi connectivity index (χ4n) is 11.1. The highest BCUT2D eigenvalue weighted by Crippen LogP contribution is 2.40. The highest BCUT2D eigenvalue weighted by Gasteiger charge is 2.51. The van der Waals surface area contributed by atoms with Crippen LogP contribution in [0.15, 0.2) is 235 Å². The molecule has 1 aliphatic heterocycles. The molecule has 2 aliphatic rings. The Balaban J connectivity index is 0.000000115. The number of hydrogen-bond donors (Lipinski definition) is 1. The minimum atomic E-state index is -0.353. The normalized spacial score (nSPS) is 14.3. The lowest BCUT2D eigenvalue weighted by Crippen LogP contribution is -2.41. The summed E-state index contributed by atoms with van der Waals surface area (Å²) in [6.45, 7) is 8.36. The molecule has 5 nitrogen and oxygen atoms in total. The van der Waals surface area contributed by atoms with Gasteiger partial charge in [-0.05, 0) is 158 Å². The summed E-state index contributed by atoms with van der Waals surface area (Å²) < 4.78 is 18.4. The number of H-pyrrole nitrogens is 1. The van der Waals surface area contributed by atoms with E-state index in [1.54, 1.807) is 0 Å². The van der Waals surface area contributed by atoms with Crippen molar-refractivity contribution in [2.45, 2.75) is 45.3 Å². The molecular weight excluding hydrogens is 969 g/mol. The molecule has 0 atom stereocenters. The van der Waals surface area contributed by atoms with E-state index in [9.17, 15) is 0 Å². The van der Waals surface area contributed by atoms with Crippen molar-refractivity contribution in [3.8, 4) is 33.6 Å². The van der Waals surface area contributed by atoms with E-state index < -0.39 is 0 Å². The van der Waals surface area contributed by atoms with Crippen molar-refractivity contribution >= 4 is 93.9 Å². The molecule has 1 saturated heterocycles. The molecule has 15 rings (SSSR count). The van der Waals surface area contributed by atoms with Gasteiger partial charge in [0.1, 0.15) is 0 Å². The second kappa shape index (κ2) is 18.2. The number of benzene rings is 10. The van der Waals surface area contributed by atoms with Crippen LogP contribution in [-0.2, 0) is 15.7 Å². The molecule has 0 unspecified atom stereocenters. The number of nitrogens with zero attached hydrogens (tertiary/aromatic N) is 2. The highest BCUT2D eigenvalue weighted by atomic mass is 79.9. The third-order valence-corrected chi connectivity index (χ3v) is 16.0. The number of halogens is 1. The Morgan fingerprint density at radius 2 is 0.892 bits per heavy atom. The first-order chi connectivity index (χ1) is 36.1. The quantitative estimate of drug-likeness (QED) is 0.179. The van der Waals surface area contributed by atoms with Crippen LogP contribution in [0.2, 0.25) is 0 Å². The van der Waals surface area contributed by atoms with E-state index in [1.165, 1.54) is 104 Å². The van der Waals surface area contributed by atoms with Crippen molar-refractivity contribution in [3.63, 3.8) is 0 Å². The first-order valence-electron chi connectivity index (χ1n) is 25.5. The fourth-order valence-corrected chi connectivity index (χ4v) is 11.5. The minimum Gasteiger partial charge on any atom is -0.399 e. The molecule has 13 aromatic rings. The number of hydrogen-bond acceptors (Lipinski definition) is 2. The third kappa shape index (κ3) is 7.95. The van der Waals surface area contributed by atoms with E-state index in [-0.39, 0.29) is 18.3 Å². The molecule has 4 heterocycles. The molecule has 1 fully saturated rings. The van der Waals surface area contributed by atoms with Gasteiger partial charge in [-0.2, -0.15) is 0 Å². The van der Waals surface area contributed by atoms with Crippen molar-refractivity contribution in [1.82, 2.24) is 14.1 Å². The monoisotopic (exact) mass is 1020 g/mol. The third-order valence-electron chi connectivity index (χ3n) is 15.5.